The van der Waals surface area contributed by atoms with Crippen molar-refractivity contribution in [2.75, 3.05) is 0 Å². The first-order valence-electron chi connectivity index (χ1n) is 6.33. The van der Waals surface area contributed by atoms with Crippen molar-refractivity contribution < 1.29 is 14.3 Å². The van der Waals surface area contributed by atoms with E-state index in [1.54, 1.807) is 24.3 Å². The van der Waals surface area contributed by atoms with Crippen molar-refractivity contribution in [1.29, 1.82) is 5.26 Å². The maximum Gasteiger partial charge on any atom is 0.338 e. The summed E-state index contributed by atoms with van der Waals surface area (Å²) < 4.78 is 5.35. The zero-order valence-corrected chi connectivity index (χ0v) is 10.8. The molecule has 1 saturated carbocycles. The molecule has 4 heteroatoms. The van der Waals surface area contributed by atoms with E-state index in [0.29, 0.717) is 11.1 Å². The van der Waals surface area contributed by atoms with Crippen LogP contribution in [0.15, 0.2) is 24.3 Å². The number of carbonyl (C=O) groups excluding carboxylic acids is 2. The average Bonchev–Trinajstić information content (AvgIpc) is 2.86. The summed E-state index contributed by atoms with van der Waals surface area (Å²) in [4.78, 5) is 23.1. The number of ketones is 1. The van der Waals surface area contributed by atoms with Crippen LogP contribution in [-0.4, -0.2) is 17.9 Å². The third-order valence-electron chi connectivity index (χ3n) is 3.40. The van der Waals surface area contributed by atoms with Crippen LogP contribution in [0.4, 0.5) is 0 Å². The molecule has 0 heterocycles. The molecular weight excluding hydrogens is 242 g/mol. The molecule has 1 aromatic rings. The number of Topliss-reactive ketones (excluding diaryl/α,β-unsaturated/α-hetero) is 1. The molecule has 0 N–H and O–H groups in total. The number of rotatable bonds is 3. The number of nitriles is 1. The van der Waals surface area contributed by atoms with Crippen LogP contribution < -0.4 is 0 Å². The number of carbonyl (C=O) groups is 2. The maximum atomic E-state index is 11.9. The molecule has 0 radical (unpaired) electrons. The third kappa shape index (κ3) is 3.00. The Labute approximate surface area is 112 Å². The lowest BCUT2D eigenvalue weighted by atomic mass is 10.1. The first-order valence-corrected chi connectivity index (χ1v) is 6.33. The summed E-state index contributed by atoms with van der Waals surface area (Å²) in [6.45, 7) is 1.48. The van der Waals surface area contributed by atoms with Crippen molar-refractivity contribution in [2.24, 2.45) is 5.92 Å². The standard InChI is InChI=1S/C15H15NO3/c1-10(17)11-5-7-12(8-6-11)15(18)19-14-4-2-3-13(14)9-16/h5-8,13-14H,2-4H2,1H3/t13-,14+/m0/s1. The minimum Gasteiger partial charge on any atom is -0.457 e. The van der Waals surface area contributed by atoms with Gasteiger partial charge < -0.3 is 4.74 Å². The van der Waals surface area contributed by atoms with E-state index in [0.717, 1.165) is 19.3 Å². The monoisotopic (exact) mass is 257 g/mol. The molecule has 0 spiro atoms. The zero-order valence-electron chi connectivity index (χ0n) is 10.8. The SMILES string of the molecule is CC(=O)c1ccc(C(=O)O[C@@H]2CCC[C@H]2C#N)cc1. The molecule has 4 nitrogen and oxygen atoms in total. The van der Waals surface area contributed by atoms with E-state index in [1.165, 1.54) is 6.92 Å². The summed E-state index contributed by atoms with van der Waals surface area (Å²) in [5.74, 6) is -0.664. The van der Waals surface area contributed by atoms with Crippen molar-refractivity contribution in [3.63, 3.8) is 0 Å². The second-order valence-corrected chi connectivity index (χ2v) is 4.74. The molecule has 0 saturated heterocycles. The van der Waals surface area contributed by atoms with Gasteiger partial charge in [-0.15, -0.1) is 0 Å². The van der Waals surface area contributed by atoms with E-state index in [-0.39, 0.29) is 17.8 Å². The third-order valence-corrected chi connectivity index (χ3v) is 3.40. The van der Waals surface area contributed by atoms with Gasteiger partial charge in [0.25, 0.3) is 0 Å². The van der Waals surface area contributed by atoms with Crippen molar-refractivity contribution in [3.05, 3.63) is 35.4 Å². The van der Waals surface area contributed by atoms with Crippen LogP contribution in [-0.2, 0) is 4.74 Å². The van der Waals surface area contributed by atoms with Crippen molar-refractivity contribution in [1.82, 2.24) is 0 Å². The number of ether oxygens (including phenoxy) is 1. The van der Waals surface area contributed by atoms with Crippen LogP contribution in [0, 0.1) is 17.2 Å². The summed E-state index contributed by atoms with van der Waals surface area (Å²) in [6.07, 6.45) is 2.15. The van der Waals surface area contributed by atoms with Gasteiger partial charge in [0, 0.05) is 5.56 Å². The first kappa shape index (κ1) is 13.3. The Morgan fingerprint density at radius 3 is 2.42 bits per heavy atom. The average molecular weight is 257 g/mol. The smallest absolute Gasteiger partial charge is 0.338 e. The Hall–Kier alpha value is -2.15. The highest BCUT2D eigenvalue weighted by molar-refractivity contribution is 5.96. The largest absolute Gasteiger partial charge is 0.457 e. The Morgan fingerprint density at radius 1 is 1.21 bits per heavy atom. The number of esters is 1. The predicted molar refractivity (Wildman–Crippen MR) is 68.6 cm³/mol. The van der Waals surface area contributed by atoms with Gasteiger partial charge in [0.15, 0.2) is 5.78 Å². The highest BCUT2D eigenvalue weighted by atomic mass is 16.5. The lowest BCUT2D eigenvalue weighted by Gasteiger charge is -2.14. The minimum atomic E-state index is -0.428. The Bertz CT molecular complexity index is 527. The molecule has 0 aliphatic heterocycles. The maximum absolute atomic E-state index is 11.9. The van der Waals surface area contributed by atoms with Gasteiger partial charge in [-0.3, -0.25) is 4.79 Å². The highest BCUT2D eigenvalue weighted by Crippen LogP contribution is 2.28. The summed E-state index contributed by atoms with van der Waals surface area (Å²) >= 11 is 0. The lowest BCUT2D eigenvalue weighted by molar-refractivity contribution is 0.0259. The lowest BCUT2D eigenvalue weighted by Crippen LogP contribution is -2.21. The molecule has 1 fully saturated rings. The summed E-state index contributed by atoms with van der Waals surface area (Å²) in [5, 5.41) is 8.94. The Morgan fingerprint density at radius 2 is 1.84 bits per heavy atom. The quantitative estimate of drug-likeness (QED) is 0.616. The van der Waals surface area contributed by atoms with E-state index < -0.39 is 5.97 Å². The van der Waals surface area contributed by atoms with E-state index in [1.807, 2.05) is 0 Å². The van der Waals surface area contributed by atoms with Gasteiger partial charge in [0.1, 0.15) is 6.10 Å². The molecule has 0 aromatic heterocycles. The minimum absolute atomic E-state index is 0.0414. The van der Waals surface area contributed by atoms with Gasteiger partial charge in [-0.25, -0.2) is 4.79 Å². The molecule has 98 valence electrons. The molecule has 0 unspecified atom stereocenters. The summed E-state index contributed by atoms with van der Waals surface area (Å²) in [5.41, 5.74) is 0.973. The molecule has 0 amide bonds. The Kier molecular flexibility index (Phi) is 3.96. The fourth-order valence-electron chi connectivity index (χ4n) is 2.26. The molecule has 1 aliphatic carbocycles. The van der Waals surface area contributed by atoms with Crippen LogP contribution >= 0.6 is 0 Å². The number of benzene rings is 1. The van der Waals surface area contributed by atoms with E-state index in [9.17, 15) is 9.59 Å². The fraction of sp³-hybridized carbons (Fsp3) is 0.400. The molecule has 2 atom stereocenters. The summed E-state index contributed by atoms with van der Waals surface area (Å²) in [6, 6.07) is 8.54. The van der Waals surface area contributed by atoms with Gasteiger partial charge >= 0.3 is 5.97 Å². The van der Waals surface area contributed by atoms with Gasteiger partial charge in [-0.1, -0.05) is 12.1 Å². The topological polar surface area (TPSA) is 67.2 Å². The van der Waals surface area contributed by atoms with Crippen molar-refractivity contribution in [2.45, 2.75) is 32.3 Å². The first-order chi connectivity index (χ1) is 9.11. The molecule has 1 aliphatic rings. The van der Waals surface area contributed by atoms with E-state index >= 15 is 0 Å². The van der Waals surface area contributed by atoms with Crippen LogP contribution in [0.1, 0.15) is 46.9 Å². The van der Waals surface area contributed by atoms with Crippen LogP contribution in [0.2, 0.25) is 0 Å². The second-order valence-electron chi connectivity index (χ2n) is 4.74. The Balaban J connectivity index is 2.04. The van der Waals surface area contributed by atoms with Crippen molar-refractivity contribution in [3.8, 4) is 6.07 Å². The number of hydrogen-bond acceptors (Lipinski definition) is 4. The molecule has 0 bridgehead atoms. The molecule has 1 aromatic carbocycles. The van der Waals surface area contributed by atoms with E-state index in [2.05, 4.69) is 6.07 Å². The normalized spacial score (nSPS) is 21.7. The van der Waals surface area contributed by atoms with Crippen molar-refractivity contribution >= 4 is 11.8 Å². The van der Waals surface area contributed by atoms with Gasteiger partial charge in [0.05, 0.1) is 17.6 Å². The van der Waals surface area contributed by atoms with Crippen LogP contribution in [0.25, 0.3) is 0 Å². The predicted octanol–water partition coefficient (Wildman–Crippen LogP) is 2.74. The molecule has 19 heavy (non-hydrogen) atoms. The fourth-order valence-corrected chi connectivity index (χ4v) is 2.26. The zero-order chi connectivity index (χ0) is 13.8. The van der Waals surface area contributed by atoms with Crippen LogP contribution in [0.3, 0.4) is 0 Å². The number of hydrogen-bond donors (Lipinski definition) is 0. The van der Waals surface area contributed by atoms with Gasteiger partial charge in [0.2, 0.25) is 0 Å². The number of nitrogens with zero attached hydrogens (tertiary/aromatic N) is 1. The highest BCUT2D eigenvalue weighted by Gasteiger charge is 2.30. The molecular formula is C15H15NO3. The van der Waals surface area contributed by atoms with Crippen LogP contribution in [0.5, 0.6) is 0 Å². The second kappa shape index (κ2) is 5.66. The van der Waals surface area contributed by atoms with Gasteiger partial charge in [-0.2, -0.15) is 5.26 Å². The van der Waals surface area contributed by atoms with Gasteiger partial charge in [-0.05, 0) is 38.3 Å². The molecule has 2 rings (SSSR count). The summed E-state index contributed by atoms with van der Waals surface area (Å²) in [7, 11) is 0. The van der Waals surface area contributed by atoms with E-state index in [4.69, 9.17) is 10.00 Å².